The quantitative estimate of drug-likeness (QED) is 0.249. The van der Waals surface area contributed by atoms with Crippen LogP contribution in [0.25, 0.3) is 0 Å². The summed E-state index contributed by atoms with van der Waals surface area (Å²) in [6.07, 6.45) is 4.46. The number of sulfonamides is 1. The minimum absolute atomic E-state index is 0.0683. The summed E-state index contributed by atoms with van der Waals surface area (Å²) in [4.78, 5) is 40.0. The van der Waals surface area contributed by atoms with Gasteiger partial charge in [-0.25, -0.2) is 13.1 Å². The third-order valence-electron chi connectivity index (χ3n) is 8.53. The molecule has 1 saturated carbocycles. The van der Waals surface area contributed by atoms with Crippen LogP contribution in [0.15, 0.2) is 48.5 Å². The predicted octanol–water partition coefficient (Wildman–Crippen LogP) is 2.79. The van der Waals surface area contributed by atoms with Crippen LogP contribution >= 0.6 is 23.2 Å². The number of carboxylic acid groups (broad SMARTS) is 1. The number of rotatable bonds is 12. The maximum absolute atomic E-state index is 14.1. The summed E-state index contributed by atoms with van der Waals surface area (Å²) in [5.74, 6) is -0.457. The number of nitrogens with one attached hydrogen (secondary N) is 2. The lowest BCUT2D eigenvalue weighted by atomic mass is 10.0. The first kappa shape index (κ1) is 35.1. The Bertz CT molecular complexity index is 1430. The summed E-state index contributed by atoms with van der Waals surface area (Å²) >= 11 is 12.2. The number of nitrogens with two attached hydrogens (primary N) is 1. The third-order valence-corrected chi connectivity index (χ3v) is 11.2. The van der Waals surface area contributed by atoms with Gasteiger partial charge < -0.3 is 21.1 Å². The molecule has 0 radical (unpaired) electrons. The van der Waals surface area contributed by atoms with Crippen molar-refractivity contribution in [3.05, 3.63) is 69.7 Å². The van der Waals surface area contributed by atoms with E-state index in [9.17, 15) is 18.0 Å². The lowest BCUT2D eigenvalue weighted by Gasteiger charge is -2.32. The maximum atomic E-state index is 14.1. The zero-order valence-electron chi connectivity index (χ0n) is 25.0. The minimum Gasteiger partial charge on any atom is -0.483 e. The van der Waals surface area contributed by atoms with E-state index in [1.807, 2.05) is 18.2 Å². The largest absolute Gasteiger partial charge is 0.483 e. The standard InChI is InChI=1S/C30H39Cl2N5O4S.CH2O2/c31-25-11-7-21(16-26(25)32)18-34-29(38)27(12-14-35-42(40,41)24-9-10-24)36-15-13-23(8-6-20-4-2-1-3-5-20)37-19-22(33)17-28(37)30(36)39;2-1-3/h1-5,7,11,16,22-24,27-28,35H,6,8-10,12-15,17-19,33H2,(H,34,38);1H,(H,2,3)/t22-,23?,27-,28+;/m1./s1. The summed E-state index contributed by atoms with van der Waals surface area (Å²) < 4.78 is 27.6. The molecule has 0 bridgehead atoms. The van der Waals surface area contributed by atoms with Gasteiger partial charge in [-0.3, -0.25) is 19.3 Å². The van der Waals surface area contributed by atoms with Crippen LogP contribution < -0.4 is 15.8 Å². The van der Waals surface area contributed by atoms with Crippen LogP contribution in [0.4, 0.5) is 0 Å². The van der Waals surface area contributed by atoms with Crippen LogP contribution in [0.2, 0.25) is 10.0 Å². The van der Waals surface area contributed by atoms with Crippen molar-refractivity contribution in [2.75, 3.05) is 19.6 Å². The Morgan fingerprint density at radius 1 is 1.09 bits per heavy atom. The van der Waals surface area contributed by atoms with Gasteiger partial charge in [0, 0.05) is 38.3 Å². The lowest BCUT2D eigenvalue weighted by molar-refractivity contribution is -0.143. The molecule has 3 aliphatic rings. The van der Waals surface area contributed by atoms with Crippen LogP contribution in [0.3, 0.4) is 0 Å². The van der Waals surface area contributed by atoms with Crippen molar-refractivity contribution < 1.29 is 27.9 Å². The van der Waals surface area contributed by atoms with Crippen LogP contribution in [0.1, 0.15) is 49.7 Å². The molecule has 2 saturated heterocycles. The molecule has 0 spiro atoms. The fourth-order valence-electron chi connectivity index (χ4n) is 6.11. The molecular weight excluding hydrogens is 641 g/mol. The van der Waals surface area contributed by atoms with Gasteiger partial charge in [-0.15, -0.1) is 0 Å². The summed E-state index contributed by atoms with van der Waals surface area (Å²) in [6, 6.07) is 14.2. The summed E-state index contributed by atoms with van der Waals surface area (Å²) in [5.41, 5.74) is 8.38. The number of hydrogen-bond donors (Lipinski definition) is 4. The van der Waals surface area contributed by atoms with Gasteiger partial charge in [0.05, 0.1) is 21.3 Å². The molecule has 11 nitrogen and oxygen atoms in total. The lowest BCUT2D eigenvalue weighted by Crippen LogP contribution is -2.54. The Balaban J connectivity index is 0.00000148. The van der Waals surface area contributed by atoms with Crippen molar-refractivity contribution in [2.45, 2.75) is 80.9 Å². The smallest absolute Gasteiger partial charge is 0.290 e. The molecule has 4 atom stereocenters. The van der Waals surface area contributed by atoms with Crippen molar-refractivity contribution in [3.63, 3.8) is 0 Å². The van der Waals surface area contributed by atoms with Gasteiger partial charge in [-0.05, 0) is 68.2 Å². The number of carbonyl (C=O) groups is 3. The molecule has 0 aromatic heterocycles. The van der Waals surface area contributed by atoms with Gasteiger partial charge in [0.1, 0.15) is 6.04 Å². The fourth-order valence-corrected chi connectivity index (χ4v) is 7.83. The number of halogens is 2. The molecule has 1 aliphatic carbocycles. The highest BCUT2D eigenvalue weighted by molar-refractivity contribution is 7.90. The molecular formula is C31H41Cl2N5O6S. The zero-order valence-corrected chi connectivity index (χ0v) is 27.3. The molecule has 3 fully saturated rings. The van der Waals surface area contributed by atoms with E-state index in [1.165, 1.54) is 5.56 Å². The number of hydrogen-bond acceptors (Lipinski definition) is 7. The van der Waals surface area contributed by atoms with E-state index in [-0.39, 0.29) is 55.1 Å². The van der Waals surface area contributed by atoms with E-state index in [2.05, 4.69) is 27.1 Å². The minimum atomic E-state index is -3.43. The van der Waals surface area contributed by atoms with E-state index in [0.29, 0.717) is 48.8 Å². The van der Waals surface area contributed by atoms with Crippen LogP contribution in [-0.4, -0.2) is 90.7 Å². The van der Waals surface area contributed by atoms with Crippen LogP contribution in [0, 0.1) is 0 Å². The SMILES string of the molecule is N[C@@H]1C[C@H]2C(=O)N([C@H](CCNS(=O)(=O)C3CC3)C(=O)NCc3ccc(Cl)c(Cl)c3)CCC(CCc3ccccc3)N2C1.O=CO. The summed E-state index contributed by atoms with van der Waals surface area (Å²) in [7, 11) is -3.43. The molecule has 2 aliphatic heterocycles. The number of amides is 2. The number of benzene rings is 2. The Morgan fingerprint density at radius 2 is 1.80 bits per heavy atom. The Morgan fingerprint density at radius 3 is 2.47 bits per heavy atom. The van der Waals surface area contributed by atoms with E-state index < -0.39 is 22.1 Å². The van der Waals surface area contributed by atoms with Crippen molar-refractivity contribution >= 4 is 51.5 Å². The zero-order chi connectivity index (χ0) is 32.6. The molecule has 14 heteroatoms. The highest BCUT2D eigenvalue weighted by Gasteiger charge is 2.45. The first-order valence-corrected chi connectivity index (χ1v) is 17.5. The second kappa shape index (κ2) is 16.2. The summed E-state index contributed by atoms with van der Waals surface area (Å²) in [6.45, 7) is 1.06. The molecule has 246 valence electrons. The Hall–Kier alpha value is -2.74. The third kappa shape index (κ3) is 9.63. The molecule has 2 amide bonds. The molecule has 2 heterocycles. The van der Waals surface area contributed by atoms with Gasteiger partial charge in [-0.1, -0.05) is 59.6 Å². The van der Waals surface area contributed by atoms with E-state index in [0.717, 1.165) is 18.4 Å². The van der Waals surface area contributed by atoms with Gasteiger partial charge in [0.2, 0.25) is 21.8 Å². The first-order chi connectivity index (χ1) is 21.5. The van der Waals surface area contributed by atoms with Gasteiger partial charge in [-0.2, -0.15) is 0 Å². The molecule has 5 rings (SSSR count). The predicted molar refractivity (Wildman–Crippen MR) is 173 cm³/mol. The second-order valence-electron chi connectivity index (χ2n) is 11.7. The summed E-state index contributed by atoms with van der Waals surface area (Å²) in [5, 5.41) is 10.3. The topological polar surface area (TPSA) is 162 Å². The van der Waals surface area contributed by atoms with Gasteiger partial charge in [0.15, 0.2) is 0 Å². The maximum Gasteiger partial charge on any atom is 0.290 e. The Labute approximate surface area is 274 Å². The molecule has 2 aromatic carbocycles. The van der Waals surface area contributed by atoms with Crippen molar-refractivity contribution in [1.29, 1.82) is 0 Å². The average Bonchev–Trinajstić information content (AvgIpc) is 3.82. The van der Waals surface area contributed by atoms with Crippen molar-refractivity contribution in [1.82, 2.24) is 19.8 Å². The normalized spacial score (nSPS) is 22.5. The number of nitrogens with zero attached hydrogens (tertiary/aromatic N) is 2. The molecule has 5 N–H and O–H groups in total. The highest BCUT2D eigenvalue weighted by atomic mass is 35.5. The monoisotopic (exact) mass is 681 g/mol. The second-order valence-corrected chi connectivity index (χ2v) is 14.6. The molecule has 2 aromatic rings. The van der Waals surface area contributed by atoms with E-state index in [1.54, 1.807) is 23.1 Å². The number of aryl methyl sites for hydroxylation is 1. The molecule has 1 unspecified atom stereocenters. The molecule has 45 heavy (non-hydrogen) atoms. The first-order valence-electron chi connectivity index (χ1n) is 15.2. The van der Waals surface area contributed by atoms with E-state index >= 15 is 0 Å². The van der Waals surface area contributed by atoms with Crippen molar-refractivity contribution in [2.24, 2.45) is 5.73 Å². The van der Waals surface area contributed by atoms with E-state index in [4.69, 9.17) is 38.8 Å². The van der Waals surface area contributed by atoms with Gasteiger partial charge in [0.25, 0.3) is 6.47 Å². The van der Waals surface area contributed by atoms with Gasteiger partial charge >= 0.3 is 0 Å². The average molecular weight is 683 g/mol. The fraction of sp³-hybridized carbons (Fsp3) is 0.516. The number of carbonyl (C=O) groups excluding carboxylic acids is 2. The number of fused-ring (bicyclic) bond motifs is 1. The Kier molecular flexibility index (Phi) is 12.6. The highest BCUT2D eigenvalue weighted by Crippen LogP contribution is 2.31. The van der Waals surface area contributed by atoms with Crippen LogP contribution in [-0.2, 0) is 37.4 Å². The van der Waals surface area contributed by atoms with Crippen molar-refractivity contribution in [3.8, 4) is 0 Å². The van der Waals surface area contributed by atoms with Crippen LogP contribution in [0.5, 0.6) is 0 Å².